The second-order valence-corrected chi connectivity index (χ2v) is 8.76. The quantitative estimate of drug-likeness (QED) is 0.589. The smallest absolute Gasteiger partial charge is 0.229 e. The Morgan fingerprint density at radius 3 is 2.69 bits per heavy atom. The molecule has 1 amide bonds. The molecule has 0 N–H and O–H groups in total. The van der Waals surface area contributed by atoms with Crippen LogP contribution in [0.5, 0.6) is 11.6 Å². The number of carbonyl (C=O) groups excluding carboxylic acids is 1. The van der Waals surface area contributed by atoms with Gasteiger partial charge in [0, 0.05) is 30.9 Å². The number of halogens is 1. The van der Waals surface area contributed by atoms with Crippen LogP contribution in [0.4, 0.5) is 10.3 Å². The molecular formula is C23H23FN4O3S. The highest BCUT2D eigenvalue weighted by atomic mass is 32.1. The molecule has 0 unspecified atom stereocenters. The van der Waals surface area contributed by atoms with Crippen LogP contribution in [0.15, 0.2) is 41.8 Å². The molecule has 166 valence electrons. The normalized spacial score (nSPS) is 16.0. The Morgan fingerprint density at radius 2 is 1.94 bits per heavy atom. The van der Waals surface area contributed by atoms with Crippen LogP contribution in [0.25, 0.3) is 0 Å². The second kappa shape index (κ2) is 9.22. The minimum atomic E-state index is -0.332. The van der Waals surface area contributed by atoms with Crippen molar-refractivity contribution >= 4 is 23.2 Å². The highest BCUT2D eigenvalue weighted by molar-refractivity contribution is 7.10. The van der Waals surface area contributed by atoms with E-state index in [1.165, 1.54) is 12.1 Å². The van der Waals surface area contributed by atoms with Crippen LogP contribution in [0, 0.1) is 5.82 Å². The lowest BCUT2D eigenvalue weighted by molar-refractivity contribution is -0.131. The molecule has 2 aliphatic rings. The minimum Gasteiger partial charge on any atom is -0.438 e. The molecule has 1 aromatic carbocycles. The summed E-state index contributed by atoms with van der Waals surface area (Å²) >= 11 is 1.58. The van der Waals surface area contributed by atoms with Crippen LogP contribution in [-0.4, -0.2) is 53.6 Å². The molecular weight excluding hydrogens is 431 g/mol. The molecule has 5 rings (SSSR count). The summed E-state index contributed by atoms with van der Waals surface area (Å²) in [5, 5.41) is 1.98. The Balaban J connectivity index is 1.44. The van der Waals surface area contributed by atoms with Gasteiger partial charge >= 0.3 is 0 Å². The fourth-order valence-electron chi connectivity index (χ4n) is 3.86. The van der Waals surface area contributed by atoms with Gasteiger partial charge in [0.05, 0.1) is 37.4 Å². The summed E-state index contributed by atoms with van der Waals surface area (Å²) < 4.78 is 24.9. The summed E-state index contributed by atoms with van der Waals surface area (Å²) in [5.41, 5.74) is 1.69. The molecule has 0 radical (unpaired) electrons. The van der Waals surface area contributed by atoms with Crippen molar-refractivity contribution in [2.45, 2.75) is 19.4 Å². The lowest BCUT2D eigenvalue weighted by Crippen LogP contribution is -2.40. The average Bonchev–Trinajstić information content (AvgIpc) is 3.34. The van der Waals surface area contributed by atoms with E-state index in [9.17, 15) is 9.18 Å². The highest BCUT2D eigenvalue weighted by Gasteiger charge is 2.28. The number of fused-ring (bicyclic) bond motifs is 1. The van der Waals surface area contributed by atoms with Crippen molar-refractivity contribution in [1.82, 2.24) is 14.9 Å². The highest BCUT2D eigenvalue weighted by Crippen LogP contribution is 2.32. The third kappa shape index (κ3) is 4.58. The molecule has 32 heavy (non-hydrogen) atoms. The maximum absolute atomic E-state index is 13.4. The van der Waals surface area contributed by atoms with Crippen molar-refractivity contribution in [1.29, 1.82) is 0 Å². The number of ether oxygens (including phenoxy) is 2. The summed E-state index contributed by atoms with van der Waals surface area (Å²) in [6, 6.07) is 9.77. The minimum absolute atomic E-state index is 0.0723. The molecule has 0 aliphatic carbocycles. The zero-order valence-electron chi connectivity index (χ0n) is 17.5. The van der Waals surface area contributed by atoms with E-state index < -0.39 is 0 Å². The van der Waals surface area contributed by atoms with E-state index in [1.807, 2.05) is 22.4 Å². The number of aromatic nitrogens is 2. The molecule has 4 heterocycles. The molecule has 9 heteroatoms. The van der Waals surface area contributed by atoms with Crippen molar-refractivity contribution in [2.24, 2.45) is 0 Å². The number of carbonyl (C=O) groups is 1. The Labute approximate surface area is 189 Å². The summed E-state index contributed by atoms with van der Waals surface area (Å²) in [6.45, 7) is 3.66. The number of anilines is 1. The van der Waals surface area contributed by atoms with Crippen LogP contribution < -0.4 is 9.64 Å². The molecule has 2 aromatic heterocycles. The van der Waals surface area contributed by atoms with Gasteiger partial charge in [-0.2, -0.15) is 4.98 Å². The van der Waals surface area contributed by atoms with Crippen molar-refractivity contribution < 1.29 is 18.7 Å². The van der Waals surface area contributed by atoms with Gasteiger partial charge < -0.3 is 19.3 Å². The summed E-state index contributed by atoms with van der Waals surface area (Å²) in [4.78, 5) is 27.3. The van der Waals surface area contributed by atoms with Gasteiger partial charge in [0.1, 0.15) is 11.6 Å². The number of hydrogen-bond acceptors (Lipinski definition) is 7. The predicted octanol–water partition coefficient (Wildman–Crippen LogP) is 3.43. The average molecular weight is 455 g/mol. The molecule has 0 bridgehead atoms. The number of benzene rings is 1. The lowest BCUT2D eigenvalue weighted by atomic mass is 10.1. The van der Waals surface area contributed by atoms with E-state index in [4.69, 9.17) is 19.4 Å². The standard InChI is InChI=1S/C23H23FN4O3S/c24-16-3-5-17(6-4-16)31-22-19-15-28(21(29)14-18-2-1-13-32-18)8-7-20(19)25-23(26-22)27-9-11-30-12-10-27/h1-6,13H,7-12,14-15H2. The third-order valence-electron chi connectivity index (χ3n) is 5.59. The van der Waals surface area contributed by atoms with Gasteiger partial charge in [0.2, 0.25) is 17.7 Å². The second-order valence-electron chi connectivity index (χ2n) is 7.73. The number of thiophene rings is 1. The van der Waals surface area contributed by atoms with Gasteiger partial charge in [-0.3, -0.25) is 4.79 Å². The SMILES string of the molecule is O=C(Cc1cccs1)N1CCc2nc(N3CCOCC3)nc(Oc3ccc(F)cc3)c2C1. The molecule has 1 saturated heterocycles. The molecule has 0 spiro atoms. The number of hydrogen-bond donors (Lipinski definition) is 0. The van der Waals surface area contributed by atoms with E-state index in [2.05, 4.69) is 4.90 Å². The van der Waals surface area contributed by atoms with Crippen LogP contribution in [0.1, 0.15) is 16.1 Å². The van der Waals surface area contributed by atoms with Gasteiger partial charge in [0.25, 0.3) is 0 Å². The molecule has 3 aromatic rings. The zero-order chi connectivity index (χ0) is 21.9. The predicted molar refractivity (Wildman–Crippen MR) is 119 cm³/mol. The van der Waals surface area contributed by atoms with Crippen LogP contribution >= 0.6 is 11.3 Å². The fraction of sp³-hybridized carbons (Fsp3) is 0.348. The van der Waals surface area contributed by atoms with Gasteiger partial charge in [-0.05, 0) is 35.7 Å². The first-order chi connectivity index (χ1) is 15.7. The van der Waals surface area contributed by atoms with Crippen molar-refractivity contribution in [3.05, 3.63) is 63.7 Å². The Kier molecular flexibility index (Phi) is 6.00. The number of morpholine rings is 1. The molecule has 0 atom stereocenters. The van der Waals surface area contributed by atoms with Crippen molar-refractivity contribution in [2.75, 3.05) is 37.7 Å². The van der Waals surface area contributed by atoms with Crippen LogP contribution in [0.3, 0.4) is 0 Å². The summed E-state index contributed by atoms with van der Waals surface area (Å²) in [7, 11) is 0. The number of rotatable bonds is 5. The summed E-state index contributed by atoms with van der Waals surface area (Å²) in [5.74, 6) is 1.24. The lowest BCUT2D eigenvalue weighted by Gasteiger charge is -2.32. The monoisotopic (exact) mass is 454 g/mol. The number of amides is 1. The van der Waals surface area contributed by atoms with E-state index in [0.29, 0.717) is 69.8 Å². The van der Waals surface area contributed by atoms with Crippen molar-refractivity contribution in [3.63, 3.8) is 0 Å². The van der Waals surface area contributed by atoms with Gasteiger partial charge in [-0.25, -0.2) is 9.37 Å². The third-order valence-corrected chi connectivity index (χ3v) is 6.47. The molecule has 7 nitrogen and oxygen atoms in total. The van der Waals surface area contributed by atoms with E-state index in [1.54, 1.807) is 23.5 Å². The Morgan fingerprint density at radius 1 is 1.12 bits per heavy atom. The molecule has 0 saturated carbocycles. The maximum atomic E-state index is 13.4. The summed E-state index contributed by atoms with van der Waals surface area (Å²) in [6.07, 6.45) is 1.01. The van der Waals surface area contributed by atoms with Gasteiger partial charge in [-0.1, -0.05) is 6.07 Å². The van der Waals surface area contributed by atoms with E-state index >= 15 is 0 Å². The Bertz CT molecular complexity index is 1090. The molecule has 1 fully saturated rings. The topological polar surface area (TPSA) is 67.8 Å². The zero-order valence-corrected chi connectivity index (χ0v) is 18.3. The first kappa shape index (κ1) is 20.8. The first-order valence-electron chi connectivity index (χ1n) is 10.6. The van der Waals surface area contributed by atoms with Crippen LogP contribution in [-0.2, 0) is 28.9 Å². The molecule has 2 aliphatic heterocycles. The first-order valence-corrected chi connectivity index (χ1v) is 11.5. The fourth-order valence-corrected chi connectivity index (χ4v) is 4.56. The van der Waals surface area contributed by atoms with Crippen molar-refractivity contribution in [3.8, 4) is 11.6 Å². The van der Waals surface area contributed by atoms with Crippen LogP contribution in [0.2, 0.25) is 0 Å². The van der Waals surface area contributed by atoms with E-state index in [0.717, 1.165) is 16.1 Å². The van der Waals surface area contributed by atoms with Gasteiger partial charge in [0.15, 0.2) is 0 Å². The number of nitrogens with zero attached hydrogens (tertiary/aromatic N) is 4. The largest absolute Gasteiger partial charge is 0.438 e. The van der Waals surface area contributed by atoms with E-state index in [-0.39, 0.29) is 11.7 Å². The van der Waals surface area contributed by atoms with Gasteiger partial charge in [-0.15, -0.1) is 11.3 Å². The maximum Gasteiger partial charge on any atom is 0.229 e. The Hall–Kier alpha value is -3.04.